The molecular weight excluding hydrogens is 426 g/mol. The second-order valence-electron chi connectivity index (χ2n) is 7.74. The topological polar surface area (TPSA) is 56.7 Å². The van der Waals surface area contributed by atoms with Crippen molar-refractivity contribution in [2.45, 2.75) is 23.4 Å². The van der Waals surface area contributed by atoms with E-state index >= 15 is 0 Å². The van der Waals surface area contributed by atoms with Crippen LogP contribution in [0.25, 0.3) is 5.69 Å². The van der Waals surface area contributed by atoms with E-state index in [9.17, 15) is 0 Å². The van der Waals surface area contributed by atoms with Crippen LogP contribution in [0, 0.1) is 0 Å². The van der Waals surface area contributed by atoms with Crippen LogP contribution in [0.15, 0.2) is 64.7 Å². The van der Waals surface area contributed by atoms with E-state index in [1.165, 1.54) is 4.90 Å². The third kappa shape index (κ3) is 4.97. The Bertz CT molecular complexity index is 1030. The summed E-state index contributed by atoms with van der Waals surface area (Å²) in [4.78, 5) is 6.10. The molecule has 0 spiro atoms. The van der Waals surface area contributed by atoms with Crippen LogP contribution in [0.4, 0.5) is 0 Å². The number of benzene rings is 2. The van der Waals surface area contributed by atoms with Crippen LogP contribution in [0.1, 0.15) is 24.4 Å². The summed E-state index contributed by atoms with van der Waals surface area (Å²) in [5.41, 5.74) is 2.25. The third-order valence-corrected chi connectivity index (χ3v) is 7.92. The molecule has 0 amide bonds. The average molecular weight is 455 g/mol. The van der Waals surface area contributed by atoms with Crippen LogP contribution < -0.4 is 9.64 Å². The fourth-order valence-corrected chi connectivity index (χ4v) is 5.53. The molecule has 2 heterocycles. The number of quaternary nitrogens is 1. The Morgan fingerprint density at radius 1 is 1.13 bits per heavy atom. The van der Waals surface area contributed by atoms with E-state index in [4.69, 9.17) is 9.73 Å². The van der Waals surface area contributed by atoms with Gasteiger partial charge in [0.2, 0.25) is 0 Å². The first-order valence-corrected chi connectivity index (χ1v) is 12.2. The lowest BCUT2D eigenvalue weighted by atomic mass is 10.2. The fraction of sp³-hybridized carbons (Fsp3) is 0.348. The van der Waals surface area contributed by atoms with Crippen LogP contribution in [0.5, 0.6) is 5.75 Å². The Kier molecular flexibility index (Phi) is 6.99. The third-order valence-electron chi connectivity index (χ3n) is 5.38. The van der Waals surface area contributed by atoms with Crippen LogP contribution in [0.2, 0.25) is 0 Å². The van der Waals surface area contributed by atoms with Gasteiger partial charge in [0.25, 0.3) is 0 Å². The quantitative estimate of drug-likeness (QED) is 0.530. The number of ether oxygens (including phenoxy) is 1. The maximum atomic E-state index is 5.25. The zero-order valence-electron chi connectivity index (χ0n) is 18.3. The summed E-state index contributed by atoms with van der Waals surface area (Å²) in [5.74, 6) is 2.79. The minimum absolute atomic E-state index is 0.243. The van der Waals surface area contributed by atoms with Crippen LogP contribution in [0.3, 0.4) is 0 Å². The fourth-order valence-electron chi connectivity index (χ4n) is 3.30. The number of methoxy groups -OCH3 is 1. The van der Waals surface area contributed by atoms with Gasteiger partial charge >= 0.3 is 0 Å². The molecule has 2 aromatic carbocycles. The van der Waals surface area contributed by atoms with Crippen molar-refractivity contribution in [1.82, 2.24) is 14.8 Å². The van der Waals surface area contributed by atoms with Gasteiger partial charge < -0.3 is 9.64 Å². The van der Waals surface area contributed by atoms with Crippen molar-refractivity contribution in [3.63, 3.8) is 0 Å². The second-order valence-corrected chi connectivity index (χ2v) is 10.0. The lowest BCUT2D eigenvalue weighted by Gasteiger charge is -2.18. The van der Waals surface area contributed by atoms with Crippen molar-refractivity contribution in [3.8, 4) is 11.4 Å². The number of aromatic nitrogens is 3. The number of hydrogen-bond acceptors (Lipinski definition) is 6. The normalized spacial score (nSPS) is 17.1. The van der Waals surface area contributed by atoms with Gasteiger partial charge in [0.1, 0.15) is 11.8 Å². The molecule has 0 unspecified atom stereocenters. The molecule has 8 heteroatoms. The van der Waals surface area contributed by atoms with E-state index in [1.807, 2.05) is 30.0 Å². The zero-order chi connectivity index (χ0) is 21.8. The van der Waals surface area contributed by atoms with Gasteiger partial charge in [0.05, 0.1) is 32.8 Å². The Morgan fingerprint density at radius 3 is 2.55 bits per heavy atom. The van der Waals surface area contributed by atoms with Gasteiger partial charge in [0, 0.05) is 22.3 Å². The van der Waals surface area contributed by atoms with Gasteiger partial charge in [0.15, 0.2) is 11.0 Å². The Balaban J connectivity index is 1.46. The van der Waals surface area contributed by atoms with Crippen LogP contribution >= 0.6 is 23.5 Å². The minimum Gasteiger partial charge on any atom is -0.497 e. The molecule has 2 atom stereocenters. The zero-order valence-corrected chi connectivity index (χ0v) is 19.9. The van der Waals surface area contributed by atoms with E-state index in [0.717, 1.165) is 45.3 Å². The summed E-state index contributed by atoms with van der Waals surface area (Å²) in [6.07, 6.45) is 0. The van der Waals surface area contributed by atoms with E-state index in [1.54, 1.807) is 18.9 Å². The number of para-hydroxylation sites is 1. The molecule has 4 rings (SSSR count). The molecule has 162 valence electrons. The molecule has 3 aromatic rings. The Labute approximate surface area is 192 Å². The van der Waals surface area contributed by atoms with Crippen molar-refractivity contribution >= 4 is 28.6 Å². The van der Waals surface area contributed by atoms with Gasteiger partial charge in [-0.05, 0) is 43.3 Å². The molecule has 1 aliphatic rings. The molecule has 1 aromatic heterocycles. The van der Waals surface area contributed by atoms with Crippen molar-refractivity contribution in [2.75, 3.05) is 33.5 Å². The van der Waals surface area contributed by atoms with Crippen molar-refractivity contribution in [2.24, 2.45) is 4.99 Å². The van der Waals surface area contributed by atoms with Crippen LogP contribution in [-0.2, 0) is 0 Å². The number of aliphatic imine (C=N–C) groups is 1. The van der Waals surface area contributed by atoms with Crippen LogP contribution in [-0.4, -0.2) is 58.6 Å². The highest BCUT2D eigenvalue weighted by molar-refractivity contribution is 8.16. The van der Waals surface area contributed by atoms with Gasteiger partial charge in [-0.15, -0.1) is 22.0 Å². The first kappa shape index (κ1) is 21.9. The van der Waals surface area contributed by atoms with Gasteiger partial charge in [-0.1, -0.05) is 30.0 Å². The molecule has 0 radical (unpaired) electrons. The molecular formula is C23H28N5OS2+. The number of hydrogen-bond donors (Lipinski definition) is 1. The van der Waals surface area contributed by atoms with Gasteiger partial charge in [-0.25, -0.2) is 0 Å². The standard InChI is InChI=1S/C23H27N5OS2/c1-16(27(2)3)21-25-26-23(28(21)18-8-6-5-7-9-18)30-15-20-14-24-22(31-20)17-10-12-19(29-4)13-11-17/h5-13,16,20H,14-15H2,1-4H3/p+1/t16-,20-/m1/s1. The first-order valence-electron chi connectivity index (χ1n) is 10.4. The highest BCUT2D eigenvalue weighted by atomic mass is 32.2. The largest absolute Gasteiger partial charge is 0.497 e. The Morgan fingerprint density at radius 2 is 1.87 bits per heavy atom. The molecule has 0 bridgehead atoms. The lowest BCUT2D eigenvalue weighted by molar-refractivity contribution is -0.890. The first-order chi connectivity index (χ1) is 15.1. The highest BCUT2D eigenvalue weighted by Gasteiger charge is 2.26. The molecule has 0 aliphatic carbocycles. The smallest absolute Gasteiger partial charge is 0.196 e. The van der Waals surface area contributed by atoms with Crippen molar-refractivity contribution < 1.29 is 9.64 Å². The molecule has 0 saturated carbocycles. The number of rotatable bonds is 8. The average Bonchev–Trinajstić information content (AvgIpc) is 3.45. The second kappa shape index (κ2) is 9.89. The van der Waals surface area contributed by atoms with E-state index in [0.29, 0.717) is 5.25 Å². The molecule has 1 N–H and O–H groups in total. The maximum Gasteiger partial charge on any atom is 0.196 e. The number of nitrogens with one attached hydrogen (secondary N) is 1. The van der Waals surface area contributed by atoms with Gasteiger partial charge in [-0.2, -0.15) is 0 Å². The molecule has 0 fully saturated rings. The molecule has 31 heavy (non-hydrogen) atoms. The number of nitrogens with zero attached hydrogens (tertiary/aromatic N) is 4. The highest BCUT2D eigenvalue weighted by Crippen LogP contribution is 2.32. The summed E-state index contributed by atoms with van der Waals surface area (Å²) >= 11 is 3.60. The monoisotopic (exact) mass is 454 g/mol. The molecule has 1 aliphatic heterocycles. The van der Waals surface area contributed by atoms with Gasteiger partial charge in [-0.3, -0.25) is 9.56 Å². The summed E-state index contributed by atoms with van der Waals surface area (Å²) in [6, 6.07) is 18.7. The summed E-state index contributed by atoms with van der Waals surface area (Å²) in [6.45, 7) is 3.01. The lowest BCUT2D eigenvalue weighted by Crippen LogP contribution is -3.05. The maximum absolute atomic E-state index is 5.25. The minimum atomic E-state index is 0.243. The molecule has 0 saturated heterocycles. The van der Waals surface area contributed by atoms with E-state index < -0.39 is 0 Å². The number of thioether (sulfide) groups is 2. The SMILES string of the molecule is COc1ccc(C2=NC[C@H](CSc3nnc([C@@H](C)[NH+](C)C)n3-c3ccccc3)S2)cc1. The Hall–Kier alpha value is -2.29. The summed E-state index contributed by atoms with van der Waals surface area (Å²) in [7, 11) is 5.98. The van der Waals surface area contributed by atoms with Crippen molar-refractivity contribution in [1.29, 1.82) is 0 Å². The predicted octanol–water partition coefficient (Wildman–Crippen LogP) is 3.14. The van der Waals surface area contributed by atoms with Crippen molar-refractivity contribution in [3.05, 3.63) is 66.0 Å². The van der Waals surface area contributed by atoms with E-state index in [2.05, 4.69) is 72.2 Å². The summed E-state index contributed by atoms with van der Waals surface area (Å²) < 4.78 is 7.46. The summed E-state index contributed by atoms with van der Waals surface area (Å²) in [5, 5.41) is 11.6. The molecule has 6 nitrogen and oxygen atoms in total. The van der Waals surface area contributed by atoms with E-state index in [-0.39, 0.29) is 6.04 Å². The predicted molar refractivity (Wildman–Crippen MR) is 129 cm³/mol.